The zero-order valence-electron chi connectivity index (χ0n) is 9.32. The lowest BCUT2D eigenvalue weighted by Gasteiger charge is -2.15. The average molecular weight is 251 g/mol. The molecule has 0 aliphatic heterocycles. The quantitative estimate of drug-likeness (QED) is 0.605. The van der Waals surface area contributed by atoms with Gasteiger partial charge in [-0.15, -0.1) is 0 Å². The summed E-state index contributed by atoms with van der Waals surface area (Å²) >= 11 is 0. The number of halogens is 2. The zero-order chi connectivity index (χ0) is 13.4. The maximum Gasteiger partial charge on any atom is 0.320 e. The van der Waals surface area contributed by atoms with Gasteiger partial charge in [0.25, 0.3) is 6.08 Å². The Kier molecular flexibility index (Phi) is 7.04. The van der Waals surface area contributed by atoms with Gasteiger partial charge in [-0.25, -0.2) is 0 Å². The van der Waals surface area contributed by atoms with Gasteiger partial charge in [-0.05, 0) is 12.5 Å². The average Bonchev–Trinajstić information content (AvgIpc) is 2.15. The molecule has 0 aliphatic rings. The van der Waals surface area contributed by atoms with Crippen molar-refractivity contribution < 1.29 is 28.6 Å². The maximum absolute atomic E-state index is 12.0. The van der Waals surface area contributed by atoms with E-state index in [1.807, 2.05) is 0 Å². The van der Waals surface area contributed by atoms with Crippen molar-refractivity contribution in [1.82, 2.24) is 5.32 Å². The fourth-order valence-corrected chi connectivity index (χ4v) is 1.29. The number of carboxylic acid groups (broad SMARTS) is 2. The minimum atomic E-state index is -1.97. The van der Waals surface area contributed by atoms with Gasteiger partial charge < -0.3 is 15.5 Å². The van der Waals surface area contributed by atoms with E-state index in [0.29, 0.717) is 6.08 Å². The first kappa shape index (κ1) is 15.5. The van der Waals surface area contributed by atoms with Crippen molar-refractivity contribution in [3.8, 4) is 0 Å². The van der Waals surface area contributed by atoms with Gasteiger partial charge >= 0.3 is 11.9 Å². The van der Waals surface area contributed by atoms with Gasteiger partial charge in [0.05, 0.1) is 6.42 Å². The van der Waals surface area contributed by atoms with Gasteiger partial charge in [-0.2, -0.15) is 8.78 Å². The molecule has 0 heterocycles. The van der Waals surface area contributed by atoms with Crippen LogP contribution in [0.25, 0.3) is 0 Å². The maximum atomic E-state index is 12.0. The van der Waals surface area contributed by atoms with Crippen LogP contribution in [0.1, 0.15) is 19.8 Å². The first-order chi connectivity index (χ1) is 7.86. The lowest BCUT2D eigenvalue weighted by molar-refractivity contribution is -0.139. The molecular weight excluding hydrogens is 236 g/mol. The first-order valence-corrected chi connectivity index (χ1v) is 5.07. The molecule has 0 saturated heterocycles. The van der Waals surface area contributed by atoms with Crippen molar-refractivity contribution in [3.63, 3.8) is 0 Å². The monoisotopic (exact) mass is 251 g/mol. The van der Waals surface area contributed by atoms with Crippen LogP contribution in [0.5, 0.6) is 0 Å². The molecule has 1 unspecified atom stereocenters. The summed E-state index contributed by atoms with van der Waals surface area (Å²) in [6.07, 6.45) is -1.63. The largest absolute Gasteiger partial charge is 0.481 e. The van der Waals surface area contributed by atoms with Crippen molar-refractivity contribution in [1.29, 1.82) is 0 Å². The molecule has 0 aliphatic carbocycles. The fourth-order valence-electron chi connectivity index (χ4n) is 1.29. The van der Waals surface area contributed by atoms with E-state index in [0.717, 1.165) is 0 Å². The molecule has 0 aromatic rings. The molecule has 0 radical (unpaired) electrons. The minimum absolute atomic E-state index is 0.117. The van der Waals surface area contributed by atoms with Crippen molar-refractivity contribution in [2.45, 2.75) is 25.8 Å². The van der Waals surface area contributed by atoms with E-state index >= 15 is 0 Å². The molecule has 0 aromatic heterocycles. The molecule has 0 saturated carbocycles. The number of hydrogen-bond acceptors (Lipinski definition) is 3. The van der Waals surface area contributed by atoms with Crippen LogP contribution in [-0.4, -0.2) is 34.7 Å². The first-order valence-electron chi connectivity index (χ1n) is 5.07. The van der Waals surface area contributed by atoms with Crippen molar-refractivity contribution in [3.05, 3.63) is 12.2 Å². The molecule has 7 heteroatoms. The van der Waals surface area contributed by atoms with Crippen LogP contribution in [0.2, 0.25) is 0 Å². The second-order valence-electron chi connectivity index (χ2n) is 3.52. The van der Waals surface area contributed by atoms with Crippen LogP contribution < -0.4 is 5.32 Å². The minimum Gasteiger partial charge on any atom is -0.481 e. The molecule has 0 amide bonds. The van der Waals surface area contributed by atoms with E-state index in [1.54, 1.807) is 6.92 Å². The third-order valence-electron chi connectivity index (χ3n) is 2.13. The van der Waals surface area contributed by atoms with E-state index < -0.39 is 36.4 Å². The molecule has 0 aromatic carbocycles. The standard InChI is InChI=1S/C10H15F2NO4/c1-2-7(10(16)17)13-5-6(3-8(11)12)4-9(14)15/h3,6-7,13H,2,4-5H2,1H3,(H,14,15)(H,16,17)/t6?,7-/m0/s1. The Hall–Kier alpha value is -1.50. The molecule has 5 nitrogen and oxygen atoms in total. The molecule has 0 spiro atoms. The Labute approximate surface area is 97.1 Å². The Morgan fingerprint density at radius 1 is 1.35 bits per heavy atom. The van der Waals surface area contributed by atoms with Gasteiger partial charge in [0.2, 0.25) is 0 Å². The highest BCUT2D eigenvalue weighted by Gasteiger charge is 2.18. The van der Waals surface area contributed by atoms with E-state index in [4.69, 9.17) is 10.2 Å². The van der Waals surface area contributed by atoms with Crippen molar-refractivity contribution >= 4 is 11.9 Å². The molecule has 0 bridgehead atoms. The summed E-state index contributed by atoms with van der Waals surface area (Å²) in [6, 6.07) is -0.859. The number of carboxylic acids is 2. The SMILES string of the molecule is CC[C@H](NCC(C=C(F)F)CC(=O)O)C(=O)O. The van der Waals surface area contributed by atoms with Gasteiger partial charge in [0.1, 0.15) is 6.04 Å². The molecule has 98 valence electrons. The second-order valence-corrected chi connectivity index (χ2v) is 3.52. The summed E-state index contributed by atoms with van der Waals surface area (Å²) in [7, 11) is 0. The number of hydrogen-bond donors (Lipinski definition) is 3. The van der Waals surface area contributed by atoms with Crippen LogP contribution in [0, 0.1) is 5.92 Å². The predicted molar refractivity (Wildman–Crippen MR) is 55.8 cm³/mol. The number of aliphatic carboxylic acids is 2. The fraction of sp³-hybridized carbons (Fsp3) is 0.600. The molecule has 17 heavy (non-hydrogen) atoms. The topological polar surface area (TPSA) is 86.6 Å². The Balaban J connectivity index is 4.38. The van der Waals surface area contributed by atoms with Crippen LogP contribution in [-0.2, 0) is 9.59 Å². The third-order valence-corrected chi connectivity index (χ3v) is 2.13. The lowest BCUT2D eigenvalue weighted by atomic mass is 10.0. The molecular formula is C10H15F2NO4. The molecule has 2 atom stereocenters. The highest BCUT2D eigenvalue weighted by atomic mass is 19.3. The summed E-state index contributed by atoms with van der Waals surface area (Å²) in [5.74, 6) is -3.23. The lowest BCUT2D eigenvalue weighted by Crippen LogP contribution is -2.39. The summed E-state index contributed by atoms with van der Waals surface area (Å²) < 4.78 is 24.0. The predicted octanol–water partition coefficient (Wildman–Crippen LogP) is 1.31. The highest BCUT2D eigenvalue weighted by molar-refractivity contribution is 5.73. The molecule has 3 N–H and O–H groups in total. The van der Waals surface area contributed by atoms with E-state index in [9.17, 15) is 18.4 Å². The van der Waals surface area contributed by atoms with Crippen LogP contribution in [0.15, 0.2) is 12.2 Å². The molecule has 0 rings (SSSR count). The number of rotatable bonds is 8. The van der Waals surface area contributed by atoms with Gasteiger partial charge in [-0.3, -0.25) is 9.59 Å². The summed E-state index contributed by atoms with van der Waals surface area (Å²) in [4.78, 5) is 21.1. The van der Waals surface area contributed by atoms with Gasteiger partial charge in [-0.1, -0.05) is 6.92 Å². The van der Waals surface area contributed by atoms with Crippen LogP contribution in [0.3, 0.4) is 0 Å². The Morgan fingerprint density at radius 2 is 1.94 bits per heavy atom. The second kappa shape index (κ2) is 7.72. The van der Waals surface area contributed by atoms with E-state index in [1.165, 1.54) is 0 Å². The normalized spacial score (nSPS) is 13.8. The summed E-state index contributed by atoms with van der Waals surface area (Å²) in [5, 5.41) is 19.8. The summed E-state index contributed by atoms with van der Waals surface area (Å²) in [6.45, 7) is 1.51. The third kappa shape index (κ3) is 7.40. The van der Waals surface area contributed by atoms with Gasteiger partial charge in [0.15, 0.2) is 0 Å². The Morgan fingerprint density at radius 3 is 2.29 bits per heavy atom. The smallest absolute Gasteiger partial charge is 0.320 e. The summed E-state index contributed by atoms with van der Waals surface area (Å²) in [5.41, 5.74) is 0. The number of carbonyl (C=O) groups is 2. The Bertz CT molecular complexity index is 303. The zero-order valence-corrected chi connectivity index (χ0v) is 9.32. The highest BCUT2D eigenvalue weighted by Crippen LogP contribution is 2.10. The molecule has 0 fully saturated rings. The van der Waals surface area contributed by atoms with E-state index in [-0.39, 0.29) is 13.0 Å². The van der Waals surface area contributed by atoms with Crippen molar-refractivity contribution in [2.75, 3.05) is 6.54 Å². The van der Waals surface area contributed by atoms with Gasteiger partial charge in [0, 0.05) is 12.5 Å². The van der Waals surface area contributed by atoms with E-state index in [2.05, 4.69) is 5.32 Å². The number of nitrogens with one attached hydrogen (secondary N) is 1. The van der Waals surface area contributed by atoms with Crippen LogP contribution in [0.4, 0.5) is 8.78 Å². The van der Waals surface area contributed by atoms with Crippen LogP contribution >= 0.6 is 0 Å². The van der Waals surface area contributed by atoms with Crippen molar-refractivity contribution in [2.24, 2.45) is 5.92 Å².